The molecule has 27 heavy (non-hydrogen) atoms. The van der Waals surface area contributed by atoms with E-state index in [9.17, 15) is 0 Å². The molecule has 0 spiro atoms. The predicted molar refractivity (Wildman–Crippen MR) is 101 cm³/mol. The number of hydrogen-bond donors (Lipinski definition) is 1. The molecule has 1 N–H and O–H groups in total. The second kappa shape index (κ2) is 9.15. The Hall–Kier alpha value is -3.66. The van der Waals surface area contributed by atoms with Gasteiger partial charge in [0.25, 0.3) is 0 Å². The maximum Gasteiger partial charge on any atom is 0.330 e. The topological polar surface area (TPSA) is 93.0 Å². The molecule has 0 saturated heterocycles. The Morgan fingerprint density at radius 1 is 0.963 bits per heavy atom. The third kappa shape index (κ3) is 5.41. The van der Waals surface area contributed by atoms with Gasteiger partial charge in [-0.05, 0) is 42.8 Å². The molecular formula is C20H19N5O2. The molecule has 136 valence electrons. The van der Waals surface area contributed by atoms with Crippen LogP contribution in [0, 0.1) is 11.3 Å². The van der Waals surface area contributed by atoms with Gasteiger partial charge in [-0.3, -0.25) is 0 Å². The minimum Gasteiger partial charge on any atom is -0.463 e. The van der Waals surface area contributed by atoms with E-state index in [0.717, 1.165) is 18.5 Å². The fourth-order valence-corrected chi connectivity index (χ4v) is 2.16. The van der Waals surface area contributed by atoms with Gasteiger partial charge in [0, 0.05) is 5.69 Å². The number of nitrogens with one attached hydrogen (secondary N) is 1. The summed E-state index contributed by atoms with van der Waals surface area (Å²) in [6.45, 7) is 2.60. The molecule has 0 radical (unpaired) electrons. The highest BCUT2D eigenvalue weighted by molar-refractivity contribution is 5.55. The van der Waals surface area contributed by atoms with Crippen LogP contribution in [-0.2, 0) is 0 Å². The SMILES string of the molecule is CCCCOc1nc(Nc2ccc(C#N)cc2)nc(Oc2ccccc2)n1. The van der Waals surface area contributed by atoms with Gasteiger partial charge in [0.15, 0.2) is 0 Å². The molecule has 0 aliphatic heterocycles. The number of nitriles is 1. The molecule has 0 aliphatic carbocycles. The van der Waals surface area contributed by atoms with E-state index in [0.29, 0.717) is 23.9 Å². The van der Waals surface area contributed by atoms with E-state index in [2.05, 4.69) is 33.3 Å². The van der Waals surface area contributed by atoms with Gasteiger partial charge in [-0.1, -0.05) is 31.5 Å². The molecule has 1 heterocycles. The lowest BCUT2D eigenvalue weighted by Crippen LogP contribution is -2.06. The van der Waals surface area contributed by atoms with Crippen molar-refractivity contribution in [3.05, 3.63) is 60.2 Å². The fourth-order valence-electron chi connectivity index (χ4n) is 2.16. The lowest BCUT2D eigenvalue weighted by molar-refractivity contribution is 0.279. The number of unbranched alkanes of at least 4 members (excludes halogenated alkanes) is 1. The van der Waals surface area contributed by atoms with Gasteiger partial charge in [0.2, 0.25) is 5.95 Å². The van der Waals surface area contributed by atoms with Crippen LogP contribution in [0.5, 0.6) is 17.8 Å². The van der Waals surface area contributed by atoms with Crippen LogP contribution in [0.1, 0.15) is 25.3 Å². The van der Waals surface area contributed by atoms with Gasteiger partial charge in [0.05, 0.1) is 18.2 Å². The highest BCUT2D eigenvalue weighted by atomic mass is 16.5. The Bertz CT molecular complexity index is 908. The Balaban J connectivity index is 1.82. The van der Waals surface area contributed by atoms with E-state index in [1.807, 2.05) is 30.3 Å². The highest BCUT2D eigenvalue weighted by Crippen LogP contribution is 2.22. The van der Waals surface area contributed by atoms with Gasteiger partial charge >= 0.3 is 12.0 Å². The smallest absolute Gasteiger partial charge is 0.330 e. The van der Waals surface area contributed by atoms with Gasteiger partial charge in [-0.25, -0.2) is 0 Å². The quantitative estimate of drug-likeness (QED) is 0.592. The summed E-state index contributed by atoms with van der Waals surface area (Å²) in [5, 5.41) is 12.0. The first-order valence-electron chi connectivity index (χ1n) is 8.66. The van der Waals surface area contributed by atoms with Crippen molar-refractivity contribution >= 4 is 11.6 Å². The molecule has 2 aromatic carbocycles. The summed E-state index contributed by atoms with van der Waals surface area (Å²) >= 11 is 0. The first kappa shape index (κ1) is 18.1. The normalized spacial score (nSPS) is 10.1. The van der Waals surface area contributed by atoms with Crippen LogP contribution in [0.2, 0.25) is 0 Å². The summed E-state index contributed by atoms with van der Waals surface area (Å²) < 4.78 is 11.3. The zero-order valence-electron chi connectivity index (χ0n) is 14.9. The molecule has 7 nitrogen and oxygen atoms in total. The first-order valence-corrected chi connectivity index (χ1v) is 8.66. The third-order valence-corrected chi connectivity index (χ3v) is 3.55. The number of para-hydroxylation sites is 1. The third-order valence-electron chi connectivity index (χ3n) is 3.55. The molecule has 3 aromatic rings. The van der Waals surface area contributed by atoms with Crippen molar-refractivity contribution in [3.63, 3.8) is 0 Å². The average Bonchev–Trinajstić information content (AvgIpc) is 2.69. The standard InChI is InChI=1S/C20H19N5O2/c1-2-3-13-26-19-23-18(22-16-11-9-15(14-21)10-12-16)24-20(25-19)27-17-7-5-4-6-8-17/h4-12H,2-3,13H2,1H3,(H,22,23,24,25). The molecule has 0 saturated carbocycles. The molecule has 0 amide bonds. The predicted octanol–water partition coefficient (Wildman–Crippen LogP) is 4.46. The molecule has 7 heteroatoms. The summed E-state index contributed by atoms with van der Waals surface area (Å²) in [6, 6.07) is 18.7. The summed E-state index contributed by atoms with van der Waals surface area (Å²) in [4.78, 5) is 12.8. The molecule has 0 unspecified atom stereocenters. The summed E-state index contributed by atoms with van der Waals surface area (Å²) in [5.41, 5.74) is 1.32. The van der Waals surface area contributed by atoms with Crippen molar-refractivity contribution in [3.8, 4) is 23.8 Å². The summed E-state index contributed by atoms with van der Waals surface area (Å²) in [6.07, 6.45) is 1.91. The van der Waals surface area contributed by atoms with E-state index in [4.69, 9.17) is 14.7 Å². The van der Waals surface area contributed by atoms with Crippen LogP contribution >= 0.6 is 0 Å². The Morgan fingerprint density at radius 2 is 1.70 bits per heavy atom. The van der Waals surface area contributed by atoms with E-state index < -0.39 is 0 Å². The summed E-state index contributed by atoms with van der Waals surface area (Å²) in [7, 11) is 0. The fraction of sp³-hybridized carbons (Fsp3) is 0.200. The number of benzene rings is 2. The van der Waals surface area contributed by atoms with Crippen molar-refractivity contribution < 1.29 is 9.47 Å². The van der Waals surface area contributed by atoms with Crippen LogP contribution in [0.25, 0.3) is 0 Å². The van der Waals surface area contributed by atoms with Crippen molar-refractivity contribution in [2.75, 3.05) is 11.9 Å². The first-order chi connectivity index (χ1) is 13.3. The zero-order chi connectivity index (χ0) is 18.9. The number of hydrogen-bond acceptors (Lipinski definition) is 7. The molecule has 1 aromatic heterocycles. The number of aromatic nitrogens is 3. The van der Waals surface area contributed by atoms with E-state index in [1.54, 1.807) is 24.3 Å². The molecule has 0 bridgehead atoms. The van der Waals surface area contributed by atoms with E-state index in [1.165, 1.54) is 0 Å². The highest BCUT2D eigenvalue weighted by Gasteiger charge is 2.10. The largest absolute Gasteiger partial charge is 0.463 e. The van der Waals surface area contributed by atoms with Crippen molar-refractivity contribution in [2.45, 2.75) is 19.8 Å². The van der Waals surface area contributed by atoms with Gasteiger partial charge in [-0.2, -0.15) is 15.2 Å². The van der Waals surface area contributed by atoms with Crippen molar-refractivity contribution in [1.29, 1.82) is 5.26 Å². The van der Waals surface area contributed by atoms with Gasteiger partial charge in [-0.15, -0.1) is 4.98 Å². The van der Waals surface area contributed by atoms with Crippen LogP contribution < -0.4 is 14.8 Å². The lowest BCUT2D eigenvalue weighted by Gasteiger charge is -2.10. The molecule has 0 atom stereocenters. The maximum atomic E-state index is 8.90. The second-order valence-electron chi connectivity index (χ2n) is 5.66. The minimum absolute atomic E-state index is 0.138. The Kier molecular flexibility index (Phi) is 6.15. The maximum absolute atomic E-state index is 8.90. The van der Waals surface area contributed by atoms with E-state index >= 15 is 0 Å². The zero-order valence-corrected chi connectivity index (χ0v) is 14.9. The van der Waals surface area contributed by atoms with Crippen molar-refractivity contribution in [1.82, 2.24) is 15.0 Å². The molecule has 3 rings (SSSR count). The summed E-state index contributed by atoms with van der Waals surface area (Å²) in [5.74, 6) is 0.916. The number of anilines is 2. The molecular weight excluding hydrogens is 342 g/mol. The second-order valence-corrected chi connectivity index (χ2v) is 5.66. The number of nitrogens with zero attached hydrogens (tertiary/aromatic N) is 4. The van der Waals surface area contributed by atoms with Gasteiger partial charge in [0.1, 0.15) is 5.75 Å². The van der Waals surface area contributed by atoms with Gasteiger partial charge < -0.3 is 14.8 Å². The van der Waals surface area contributed by atoms with Crippen LogP contribution in [0.4, 0.5) is 11.6 Å². The molecule has 0 fully saturated rings. The number of ether oxygens (including phenoxy) is 2. The van der Waals surface area contributed by atoms with Crippen LogP contribution in [0.15, 0.2) is 54.6 Å². The number of rotatable bonds is 8. The lowest BCUT2D eigenvalue weighted by atomic mass is 10.2. The Morgan fingerprint density at radius 3 is 2.41 bits per heavy atom. The van der Waals surface area contributed by atoms with Crippen LogP contribution in [0.3, 0.4) is 0 Å². The molecule has 0 aliphatic rings. The minimum atomic E-state index is 0.138. The van der Waals surface area contributed by atoms with E-state index in [-0.39, 0.29) is 12.0 Å². The monoisotopic (exact) mass is 361 g/mol. The van der Waals surface area contributed by atoms with Crippen LogP contribution in [-0.4, -0.2) is 21.6 Å². The van der Waals surface area contributed by atoms with Crippen molar-refractivity contribution in [2.24, 2.45) is 0 Å². The Labute approximate surface area is 157 Å². The average molecular weight is 361 g/mol.